The van der Waals surface area contributed by atoms with Crippen molar-refractivity contribution in [2.75, 3.05) is 13.7 Å². The third-order valence-electron chi connectivity index (χ3n) is 6.18. The van der Waals surface area contributed by atoms with E-state index in [2.05, 4.69) is 16.0 Å². The number of nitrogens with zero attached hydrogens (tertiary/aromatic N) is 1. The molecular weight excluding hydrogens is 514 g/mol. The zero-order valence-corrected chi connectivity index (χ0v) is 23.6. The van der Waals surface area contributed by atoms with Gasteiger partial charge in [0, 0.05) is 32.4 Å². The number of hydrogen-bond donors (Lipinski definition) is 2. The first kappa shape index (κ1) is 30.6. The van der Waals surface area contributed by atoms with Crippen molar-refractivity contribution in [3.05, 3.63) is 65.5 Å². The quantitative estimate of drug-likeness (QED) is 0.227. The van der Waals surface area contributed by atoms with Crippen LogP contribution in [0.25, 0.3) is 10.8 Å². The number of hydrogen-bond acceptors (Lipinski definition) is 8. The van der Waals surface area contributed by atoms with Crippen LogP contribution in [0.4, 0.5) is 0 Å². The molecule has 2 N–H and O–H groups in total. The molecule has 2 amide bonds. The Balaban J connectivity index is 1.71. The number of fused-ring (bicyclic) bond motifs is 1. The fraction of sp³-hybridized carbons (Fsp3) is 0.433. The molecule has 2 aromatic carbocycles. The number of rotatable bonds is 14. The highest BCUT2D eigenvalue weighted by Gasteiger charge is 2.30. The van der Waals surface area contributed by atoms with Gasteiger partial charge in [-0.05, 0) is 50.5 Å². The van der Waals surface area contributed by atoms with Gasteiger partial charge < -0.3 is 14.6 Å². The van der Waals surface area contributed by atoms with Crippen LogP contribution in [0, 0.1) is 12.8 Å². The molecule has 40 heavy (non-hydrogen) atoms. The summed E-state index contributed by atoms with van der Waals surface area (Å²) in [6.07, 6.45) is -0.000688. The molecule has 0 spiro atoms. The Hall–Kier alpha value is -3.89. The molecule has 10 nitrogen and oxygen atoms in total. The lowest BCUT2D eigenvalue weighted by atomic mass is 9.94. The molecule has 1 heterocycles. The maximum absolute atomic E-state index is 13.4. The second-order valence-electron chi connectivity index (χ2n) is 10.7. The average molecular weight is 552 g/mol. The monoisotopic (exact) mass is 551 g/mol. The molecule has 0 radical (unpaired) electrons. The minimum absolute atomic E-state index is 0.0530. The molecule has 0 aliphatic carbocycles. The third kappa shape index (κ3) is 9.10. The maximum Gasteiger partial charge on any atom is 0.244 e. The van der Waals surface area contributed by atoms with Crippen LogP contribution in [0.2, 0.25) is 0 Å². The summed E-state index contributed by atoms with van der Waals surface area (Å²) in [6, 6.07) is 14.4. The molecule has 10 heteroatoms. The van der Waals surface area contributed by atoms with Gasteiger partial charge in [0.15, 0.2) is 11.6 Å². The fourth-order valence-electron chi connectivity index (χ4n) is 4.17. The van der Waals surface area contributed by atoms with Gasteiger partial charge in [-0.3, -0.25) is 24.0 Å². The lowest BCUT2D eigenvalue weighted by molar-refractivity contribution is -0.148. The van der Waals surface area contributed by atoms with Crippen molar-refractivity contribution in [2.24, 2.45) is 5.92 Å². The number of carbonyl (C=O) groups excluding carboxylic acids is 4. The summed E-state index contributed by atoms with van der Waals surface area (Å²) >= 11 is 0. The van der Waals surface area contributed by atoms with E-state index in [1.54, 1.807) is 27.7 Å². The van der Waals surface area contributed by atoms with E-state index >= 15 is 0 Å². The first-order valence-electron chi connectivity index (χ1n) is 13.2. The van der Waals surface area contributed by atoms with Crippen LogP contribution in [0.1, 0.15) is 61.8 Å². The van der Waals surface area contributed by atoms with Crippen LogP contribution in [0.3, 0.4) is 0 Å². The molecule has 0 aliphatic heterocycles. The second kappa shape index (κ2) is 14.0. The molecule has 0 saturated heterocycles. The van der Waals surface area contributed by atoms with Crippen molar-refractivity contribution in [3.63, 3.8) is 0 Å². The van der Waals surface area contributed by atoms with Crippen LogP contribution >= 0.6 is 0 Å². The van der Waals surface area contributed by atoms with Crippen LogP contribution in [0.5, 0.6) is 0 Å². The van der Waals surface area contributed by atoms with Crippen LogP contribution in [0.15, 0.2) is 53.1 Å². The molecule has 0 fully saturated rings. The summed E-state index contributed by atoms with van der Waals surface area (Å²) in [5.41, 5.74) is 2.75. The Kier molecular flexibility index (Phi) is 10.7. The molecule has 0 bridgehead atoms. The van der Waals surface area contributed by atoms with Crippen LogP contribution in [-0.4, -0.2) is 53.9 Å². The minimum Gasteiger partial charge on any atom is -0.382 e. The molecule has 0 unspecified atom stereocenters. The van der Waals surface area contributed by atoms with Crippen molar-refractivity contribution in [1.82, 2.24) is 16.0 Å². The highest BCUT2D eigenvalue weighted by atomic mass is 16.7. The first-order valence-corrected chi connectivity index (χ1v) is 13.2. The standard InChI is InChI=1S/C30H37N3O7/c1-19-15-24(32-39-19)27(35)16-22(17-28(36)33-40-30(2,3)4)29(37)31-25(18-38-5)26(34)14-13-21-11-8-10-20-9-6-7-12-23(20)21/h6-12,15,22,25H,13-14,16-18H2,1-5H3,(H,31,37)(H,33,36)/t22-,25-/m0/s1. The predicted molar refractivity (Wildman–Crippen MR) is 148 cm³/mol. The molecule has 214 valence electrons. The van der Waals surface area contributed by atoms with E-state index in [9.17, 15) is 19.2 Å². The Labute approximate surface area is 233 Å². The van der Waals surface area contributed by atoms with Gasteiger partial charge in [0.05, 0.1) is 18.1 Å². The molecule has 0 aliphatic rings. The number of carbonyl (C=O) groups is 4. The van der Waals surface area contributed by atoms with Gasteiger partial charge in [-0.25, -0.2) is 5.48 Å². The number of Topliss-reactive ketones (excluding diaryl/α,β-unsaturated/α-hetero) is 2. The van der Waals surface area contributed by atoms with Gasteiger partial charge in [-0.15, -0.1) is 0 Å². The Morgan fingerprint density at radius 3 is 2.42 bits per heavy atom. The second-order valence-corrected chi connectivity index (χ2v) is 10.7. The van der Waals surface area contributed by atoms with Gasteiger partial charge in [0.2, 0.25) is 11.8 Å². The highest BCUT2D eigenvalue weighted by Crippen LogP contribution is 2.20. The molecule has 3 aromatic rings. The number of amides is 2. The Morgan fingerprint density at radius 1 is 1.02 bits per heavy atom. The zero-order valence-electron chi connectivity index (χ0n) is 23.6. The van der Waals surface area contributed by atoms with Crippen molar-refractivity contribution in [1.29, 1.82) is 0 Å². The maximum atomic E-state index is 13.4. The summed E-state index contributed by atoms with van der Waals surface area (Å²) in [7, 11) is 1.43. The largest absolute Gasteiger partial charge is 0.382 e. The molecule has 1 aromatic heterocycles. The molecule has 3 rings (SSSR count). The average Bonchev–Trinajstić information content (AvgIpc) is 3.35. The van der Waals surface area contributed by atoms with Crippen molar-refractivity contribution >= 4 is 34.2 Å². The summed E-state index contributed by atoms with van der Waals surface area (Å²) in [4.78, 5) is 57.3. The van der Waals surface area contributed by atoms with Crippen LogP contribution < -0.4 is 10.8 Å². The number of ketones is 2. The number of hydroxylamine groups is 1. The van der Waals surface area contributed by atoms with E-state index in [0.29, 0.717) is 12.2 Å². The summed E-state index contributed by atoms with van der Waals surface area (Å²) < 4.78 is 10.2. The molecular formula is C30H37N3O7. The van der Waals surface area contributed by atoms with E-state index in [1.807, 2.05) is 42.5 Å². The van der Waals surface area contributed by atoms with Crippen LogP contribution in [-0.2, 0) is 30.4 Å². The number of aromatic nitrogens is 1. The van der Waals surface area contributed by atoms with Crippen molar-refractivity contribution in [2.45, 2.75) is 65.0 Å². The van der Waals surface area contributed by atoms with Gasteiger partial charge in [-0.2, -0.15) is 0 Å². The SMILES string of the molecule is COC[C@H](NC(=O)[C@H](CC(=O)NOC(C)(C)C)CC(=O)c1cc(C)on1)C(=O)CCc1cccc2ccccc12. The van der Waals surface area contributed by atoms with E-state index in [-0.39, 0.29) is 37.3 Å². The predicted octanol–water partition coefficient (Wildman–Crippen LogP) is 3.89. The van der Waals surface area contributed by atoms with Crippen molar-refractivity contribution < 1.29 is 33.3 Å². The molecule has 0 saturated carbocycles. The minimum atomic E-state index is -1.08. The molecule has 2 atom stereocenters. The number of methoxy groups -OCH3 is 1. The number of nitrogens with one attached hydrogen (secondary N) is 2. The van der Waals surface area contributed by atoms with Gasteiger partial charge in [-0.1, -0.05) is 47.6 Å². The lowest BCUT2D eigenvalue weighted by Crippen LogP contribution is -2.47. The smallest absolute Gasteiger partial charge is 0.244 e. The summed E-state index contributed by atoms with van der Waals surface area (Å²) in [5.74, 6) is -2.53. The van der Waals surface area contributed by atoms with Crippen molar-refractivity contribution in [3.8, 4) is 0 Å². The normalized spacial score (nSPS) is 13.0. The Bertz CT molecular complexity index is 1340. The fourth-order valence-corrected chi connectivity index (χ4v) is 4.17. The van der Waals surface area contributed by atoms with E-state index in [1.165, 1.54) is 13.2 Å². The van der Waals surface area contributed by atoms with Gasteiger partial charge in [0.1, 0.15) is 17.5 Å². The van der Waals surface area contributed by atoms with E-state index in [0.717, 1.165) is 16.3 Å². The first-order chi connectivity index (χ1) is 19.0. The number of ether oxygens (including phenoxy) is 1. The topological polar surface area (TPSA) is 137 Å². The lowest BCUT2D eigenvalue weighted by Gasteiger charge is -2.22. The summed E-state index contributed by atoms with van der Waals surface area (Å²) in [5, 5.41) is 8.56. The van der Waals surface area contributed by atoms with E-state index in [4.69, 9.17) is 14.1 Å². The number of aryl methyl sites for hydroxylation is 2. The Morgan fingerprint density at radius 2 is 1.75 bits per heavy atom. The summed E-state index contributed by atoms with van der Waals surface area (Å²) in [6.45, 7) is 6.86. The third-order valence-corrected chi connectivity index (χ3v) is 6.18. The zero-order chi connectivity index (χ0) is 29.3. The number of benzene rings is 2. The van der Waals surface area contributed by atoms with Gasteiger partial charge in [0.25, 0.3) is 0 Å². The van der Waals surface area contributed by atoms with Gasteiger partial charge >= 0.3 is 0 Å². The highest BCUT2D eigenvalue weighted by molar-refractivity contribution is 5.99. The van der Waals surface area contributed by atoms with E-state index < -0.39 is 35.2 Å².